The Morgan fingerprint density at radius 2 is 2.25 bits per heavy atom. The molecular weight excluding hydrogens is 268 g/mol. The number of likely N-dealkylation sites (N-methyl/N-ethyl adjacent to an activating group) is 1. The Morgan fingerprint density at radius 3 is 2.88 bits per heavy atom. The lowest BCUT2D eigenvalue weighted by Gasteiger charge is -2.17. The van der Waals surface area contributed by atoms with E-state index >= 15 is 0 Å². The van der Waals surface area contributed by atoms with Crippen molar-refractivity contribution in [3.63, 3.8) is 0 Å². The molecule has 86 valence electrons. The summed E-state index contributed by atoms with van der Waals surface area (Å²) in [5, 5.41) is 3.21. The molecule has 1 saturated heterocycles. The van der Waals surface area contributed by atoms with Gasteiger partial charge in [0.2, 0.25) is 0 Å². The molecular formula is C12H15BrN2O. The van der Waals surface area contributed by atoms with Crippen LogP contribution < -0.4 is 5.32 Å². The molecule has 1 amide bonds. The number of nitrogens with one attached hydrogen (secondary N) is 1. The topological polar surface area (TPSA) is 32.3 Å². The number of carbonyl (C=O) groups excluding carboxylic acids is 1. The summed E-state index contributed by atoms with van der Waals surface area (Å²) in [5.41, 5.74) is 0.749. The Kier molecular flexibility index (Phi) is 3.61. The lowest BCUT2D eigenvalue weighted by Crippen LogP contribution is -2.33. The molecule has 0 spiro atoms. The molecule has 0 bridgehead atoms. The van der Waals surface area contributed by atoms with Crippen LogP contribution in [0.2, 0.25) is 0 Å². The standard InChI is InChI=1S/C12H15BrN2O/c1-14-9-6-7-15(8-9)12(16)10-4-2-3-5-11(10)13/h2-5,9,14H,6-8H2,1H3. The molecule has 1 aromatic carbocycles. The summed E-state index contributed by atoms with van der Waals surface area (Å²) < 4.78 is 0.868. The number of amides is 1. The van der Waals surface area contributed by atoms with E-state index in [9.17, 15) is 4.79 Å². The van der Waals surface area contributed by atoms with E-state index in [-0.39, 0.29) is 5.91 Å². The van der Waals surface area contributed by atoms with Crippen LogP contribution in [0.15, 0.2) is 28.7 Å². The Balaban J connectivity index is 2.12. The Bertz CT molecular complexity index is 394. The Morgan fingerprint density at radius 1 is 1.50 bits per heavy atom. The molecule has 0 radical (unpaired) electrons. The molecule has 0 aromatic heterocycles. The van der Waals surface area contributed by atoms with Crippen molar-refractivity contribution in [3.8, 4) is 0 Å². The fraction of sp³-hybridized carbons (Fsp3) is 0.417. The number of hydrogen-bond acceptors (Lipinski definition) is 2. The van der Waals surface area contributed by atoms with Gasteiger partial charge in [0.05, 0.1) is 5.56 Å². The van der Waals surface area contributed by atoms with Crippen LogP contribution in [0.1, 0.15) is 16.8 Å². The summed E-state index contributed by atoms with van der Waals surface area (Å²) in [5.74, 6) is 0.116. The highest BCUT2D eigenvalue weighted by Gasteiger charge is 2.26. The third kappa shape index (κ3) is 2.28. The Hall–Kier alpha value is -0.870. The molecule has 1 aliphatic rings. The van der Waals surface area contributed by atoms with Crippen molar-refractivity contribution >= 4 is 21.8 Å². The molecule has 2 rings (SSSR count). The molecule has 1 unspecified atom stereocenters. The smallest absolute Gasteiger partial charge is 0.255 e. The first-order chi connectivity index (χ1) is 7.72. The highest BCUT2D eigenvalue weighted by molar-refractivity contribution is 9.10. The molecule has 0 saturated carbocycles. The summed E-state index contributed by atoms with van der Waals surface area (Å²) in [4.78, 5) is 14.1. The predicted octanol–water partition coefficient (Wildman–Crippen LogP) is 1.88. The second kappa shape index (κ2) is 4.97. The molecule has 1 N–H and O–H groups in total. The van der Waals surface area contributed by atoms with E-state index in [1.54, 1.807) is 0 Å². The van der Waals surface area contributed by atoms with Crippen LogP contribution in [-0.4, -0.2) is 37.0 Å². The minimum atomic E-state index is 0.116. The number of nitrogens with zero attached hydrogens (tertiary/aromatic N) is 1. The SMILES string of the molecule is CNC1CCN(C(=O)c2ccccc2Br)C1. The maximum Gasteiger partial charge on any atom is 0.255 e. The van der Waals surface area contributed by atoms with E-state index in [4.69, 9.17) is 0 Å². The van der Waals surface area contributed by atoms with E-state index in [0.29, 0.717) is 6.04 Å². The van der Waals surface area contributed by atoms with Gasteiger partial charge in [0.1, 0.15) is 0 Å². The lowest BCUT2D eigenvalue weighted by atomic mass is 10.2. The van der Waals surface area contributed by atoms with Gasteiger partial charge in [-0.2, -0.15) is 0 Å². The van der Waals surface area contributed by atoms with Gasteiger partial charge >= 0.3 is 0 Å². The zero-order chi connectivity index (χ0) is 11.5. The molecule has 16 heavy (non-hydrogen) atoms. The van der Waals surface area contributed by atoms with Gasteiger partial charge in [-0.3, -0.25) is 4.79 Å². The quantitative estimate of drug-likeness (QED) is 0.899. The van der Waals surface area contributed by atoms with Gasteiger partial charge in [-0.05, 0) is 41.5 Å². The fourth-order valence-electron chi connectivity index (χ4n) is 1.99. The van der Waals surface area contributed by atoms with Gasteiger partial charge in [-0.15, -0.1) is 0 Å². The minimum absolute atomic E-state index is 0.116. The first-order valence-corrected chi connectivity index (χ1v) is 6.22. The summed E-state index contributed by atoms with van der Waals surface area (Å²) in [6, 6.07) is 8.01. The molecule has 1 heterocycles. The average Bonchev–Trinajstić information content (AvgIpc) is 2.77. The highest BCUT2D eigenvalue weighted by atomic mass is 79.9. The normalized spacial score (nSPS) is 20.1. The number of likely N-dealkylation sites (tertiary alicyclic amines) is 1. The van der Waals surface area contributed by atoms with Crippen LogP contribution in [0, 0.1) is 0 Å². The summed E-state index contributed by atoms with van der Waals surface area (Å²) in [6.07, 6.45) is 1.03. The molecule has 1 aliphatic heterocycles. The van der Waals surface area contributed by atoms with E-state index in [2.05, 4.69) is 21.2 Å². The van der Waals surface area contributed by atoms with E-state index in [0.717, 1.165) is 29.5 Å². The maximum atomic E-state index is 12.2. The summed E-state index contributed by atoms with van der Waals surface area (Å²) in [6.45, 7) is 1.64. The number of carbonyl (C=O) groups is 1. The van der Waals surface area contributed by atoms with Crippen LogP contribution in [0.4, 0.5) is 0 Å². The monoisotopic (exact) mass is 282 g/mol. The van der Waals surface area contributed by atoms with Crippen molar-refractivity contribution in [1.29, 1.82) is 0 Å². The van der Waals surface area contributed by atoms with Crippen molar-refractivity contribution in [3.05, 3.63) is 34.3 Å². The van der Waals surface area contributed by atoms with Gasteiger partial charge in [-0.1, -0.05) is 12.1 Å². The first-order valence-electron chi connectivity index (χ1n) is 5.43. The van der Waals surface area contributed by atoms with E-state index in [1.165, 1.54) is 0 Å². The first kappa shape index (κ1) is 11.6. The second-order valence-electron chi connectivity index (χ2n) is 4.01. The molecule has 1 atom stereocenters. The molecule has 1 fully saturated rings. The number of halogens is 1. The molecule has 1 aromatic rings. The second-order valence-corrected chi connectivity index (χ2v) is 4.86. The number of hydrogen-bond donors (Lipinski definition) is 1. The third-order valence-electron chi connectivity index (χ3n) is 2.99. The maximum absolute atomic E-state index is 12.2. The van der Waals surface area contributed by atoms with Gasteiger partial charge in [0.15, 0.2) is 0 Å². The lowest BCUT2D eigenvalue weighted by molar-refractivity contribution is 0.0789. The number of benzene rings is 1. The minimum Gasteiger partial charge on any atom is -0.337 e. The van der Waals surface area contributed by atoms with Crippen LogP contribution in [0.25, 0.3) is 0 Å². The molecule has 3 nitrogen and oxygen atoms in total. The van der Waals surface area contributed by atoms with Gasteiger partial charge in [0.25, 0.3) is 5.91 Å². The zero-order valence-corrected chi connectivity index (χ0v) is 10.8. The summed E-state index contributed by atoms with van der Waals surface area (Å²) >= 11 is 3.41. The van der Waals surface area contributed by atoms with Crippen LogP contribution in [0.3, 0.4) is 0 Å². The largest absolute Gasteiger partial charge is 0.337 e. The van der Waals surface area contributed by atoms with Gasteiger partial charge < -0.3 is 10.2 Å². The molecule has 0 aliphatic carbocycles. The number of rotatable bonds is 2. The van der Waals surface area contributed by atoms with Crippen molar-refractivity contribution in [2.45, 2.75) is 12.5 Å². The third-order valence-corrected chi connectivity index (χ3v) is 3.68. The van der Waals surface area contributed by atoms with Gasteiger partial charge in [-0.25, -0.2) is 0 Å². The zero-order valence-electron chi connectivity index (χ0n) is 9.24. The van der Waals surface area contributed by atoms with Crippen LogP contribution in [0.5, 0.6) is 0 Å². The van der Waals surface area contributed by atoms with Crippen molar-refractivity contribution in [2.24, 2.45) is 0 Å². The fourth-order valence-corrected chi connectivity index (χ4v) is 2.44. The van der Waals surface area contributed by atoms with Crippen LogP contribution in [-0.2, 0) is 0 Å². The van der Waals surface area contributed by atoms with Crippen LogP contribution >= 0.6 is 15.9 Å². The summed E-state index contributed by atoms with van der Waals surface area (Å²) in [7, 11) is 1.94. The highest BCUT2D eigenvalue weighted by Crippen LogP contribution is 2.20. The molecule has 4 heteroatoms. The van der Waals surface area contributed by atoms with Crippen molar-refractivity contribution in [1.82, 2.24) is 10.2 Å². The van der Waals surface area contributed by atoms with Crippen molar-refractivity contribution < 1.29 is 4.79 Å². The van der Waals surface area contributed by atoms with E-state index < -0.39 is 0 Å². The van der Waals surface area contributed by atoms with E-state index in [1.807, 2.05) is 36.2 Å². The predicted molar refractivity (Wildman–Crippen MR) is 67.5 cm³/mol. The van der Waals surface area contributed by atoms with Gasteiger partial charge in [0, 0.05) is 23.6 Å². The Labute approximate surface area is 104 Å². The van der Waals surface area contributed by atoms with Crippen molar-refractivity contribution in [2.75, 3.05) is 20.1 Å². The average molecular weight is 283 g/mol.